The third-order valence-electron chi connectivity index (χ3n) is 10.9. The molecule has 9 rings (SSSR count). The predicted octanol–water partition coefficient (Wildman–Crippen LogP) is 9.07. The van der Waals surface area contributed by atoms with Gasteiger partial charge in [0, 0.05) is 53.6 Å². The summed E-state index contributed by atoms with van der Waals surface area (Å²) in [4.78, 5) is 23.9. The average molecular weight is 745 g/mol. The van der Waals surface area contributed by atoms with Gasteiger partial charge in [-0.25, -0.2) is 4.98 Å². The van der Waals surface area contributed by atoms with Crippen molar-refractivity contribution in [3.8, 4) is 17.1 Å². The third kappa shape index (κ3) is 7.23. The lowest BCUT2D eigenvalue weighted by Gasteiger charge is -2.28. The first-order valence-electron chi connectivity index (χ1n) is 19.3. The Bertz CT molecular complexity index is 2660. The van der Waals surface area contributed by atoms with Crippen molar-refractivity contribution < 1.29 is 13.6 Å². The van der Waals surface area contributed by atoms with E-state index in [0.29, 0.717) is 43.5 Å². The van der Waals surface area contributed by atoms with Crippen LogP contribution in [0, 0.1) is 6.92 Å². The van der Waals surface area contributed by atoms with Crippen molar-refractivity contribution in [2.75, 3.05) is 18.9 Å². The zero-order chi connectivity index (χ0) is 38.0. The molecule has 282 valence electrons. The molecule has 10 nitrogen and oxygen atoms in total. The van der Waals surface area contributed by atoms with E-state index in [-0.39, 0.29) is 11.6 Å². The first kappa shape index (κ1) is 35.3. The predicted molar refractivity (Wildman–Crippen MR) is 220 cm³/mol. The first-order valence-corrected chi connectivity index (χ1v) is 19.3. The minimum atomic E-state index is -0.135. The van der Waals surface area contributed by atoms with E-state index in [1.807, 2.05) is 93.1 Å². The fourth-order valence-electron chi connectivity index (χ4n) is 7.70. The summed E-state index contributed by atoms with van der Waals surface area (Å²) in [7, 11) is 2.01. The molecule has 1 fully saturated rings. The average Bonchev–Trinajstić information content (AvgIpc) is 3.81. The second-order valence-corrected chi connectivity index (χ2v) is 14.6. The number of nitrogens with one attached hydrogen (secondary N) is 3. The lowest BCUT2D eigenvalue weighted by Crippen LogP contribution is -2.32. The molecule has 4 aromatic heterocycles. The van der Waals surface area contributed by atoms with Crippen molar-refractivity contribution in [3.63, 3.8) is 0 Å². The van der Waals surface area contributed by atoms with Crippen LogP contribution >= 0.6 is 0 Å². The molecule has 0 bridgehead atoms. The third-order valence-corrected chi connectivity index (χ3v) is 10.9. The van der Waals surface area contributed by atoms with Crippen LogP contribution in [0.2, 0.25) is 0 Å². The Labute approximate surface area is 324 Å². The molecule has 3 N–H and O–H groups in total. The summed E-state index contributed by atoms with van der Waals surface area (Å²) >= 11 is 0. The molecule has 0 amide bonds. The molecular formula is C46H44N6O4. The molecule has 0 saturated heterocycles. The Kier molecular flexibility index (Phi) is 9.71. The zero-order valence-electron chi connectivity index (χ0n) is 31.6. The van der Waals surface area contributed by atoms with Crippen molar-refractivity contribution in [1.29, 1.82) is 0 Å². The molecule has 0 spiro atoms. The Balaban J connectivity index is 1.01. The van der Waals surface area contributed by atoms with Crippen LogP contribution in [0.15, 0.2) is 134 Å². The van der Waals surface area contributed by atoms with E-state index in [0.717, 1.165) is 81.5 Å². The highest BCUT2D eigenvalue weighted by atomic mass is 16.5. The molecule has 1 unspecified atom stereocenters. The van der Waals surface area contributed by atoms with Gasteiger partial charge in [0.2, 0.25) is 0 Å². The summed E-state index contributed by atoms with van der Waals surface area (Å²) < 4.78 is 19.5. The van der Waals surface area contributed by atoms with E-state index in [1.165, 1.54) is 16.7 Å². The monoisotopic (exact) mass is 744 g/mol. The van der Waals surface area contributed by atoms with Crippen molar-refractivity contribution in [2.24, 2.45) is 0 Å². The minimum Gasteiger partial charge on any atom is -0.486 e. The number of anilines is 1. The maximum atomic E-state index is 14.6. The van der Waals surface area contributed by atoms with Crippen LogP contribution in [-0.2, 0) is 19.7 Å². The van der Waals surface area contributed by atoms with Gasteiger partial charge in [-0.15, -0.1) is 0 Å². The number of hydrogen-bond donors (Lipinski definition) is 3. The van der Waals surface area contributed by atoms with Crippen LogP contribution in [0.3, 0.4) is 0 Å². The Hall–Kier alpha value is -6.39. The number of furan rings is 2. The highest BCUT2D eigenvalue weighted by Crippen LogP contribution is 2.33. The molecule has 10 heteroatoms. The van der Waals surface area contributed by atoms with E-state index < -0.39 is 0 Å². The molecule has 1 saturated carbocycles. The number of allylic oxidation sites excluding steroid dienone is 2. The normalized spacial score (nSPS) is 15.0. The summed E-state index contributed by atoms with van der Waals surface area (Å²) in [5.41, 5.74) is 9.97. The molecule has 7 aromatic rings. The van der Waals surface area contributed by atoms with Gasteiger partial charge >= 0.3 is 0 Å². The standard InChI is InChI=1S/C46H44N6O4/c1-29-10-14-36(55-29)28-54-35-15-12-33(13-16-35)45-51-26-41(49-23-30-11-17-44-39(21-30)38-8-3-4-9-43(38)56-44)46(53)52(45)27-42(32-6-5-7-32)50-24-31-20-34-25-48-19-18-37(34)40(22-31)47-2/h3-4,8-21,25-26,40,47,49-50H,5-7,22-24,27-28H2,1-2H3. The summed E-state index contributed by atoms with van der Waals surface area (Å²) in [6.45, 7) is 3.74. The SMILES string of the molecule is CNC1CC(CNC(Cn2c(-c3ccc(OCc4ccc(C)o4)cc3)ncc(NCc3ccc4oc5ccccc5c4c3)c2=O)=C2CCC2)=Cc2cnccc21. The number of nitrogens with zero attached hydrogens (tertiary/aromatic N) is 3. The zero-order valence-corrected chi connectivity index (χ0v) is 31.6. The minimum absolute atomic E-state index is 0.135. The Morgan fingerprint density at radius 1 is 0.929 bits per heavy atom. The Morgan fingerprint density at radius 3 is 2.59 bits per heavy atom. The van der Waals surface area contributed by atoms with Gasteiger partial charge in [0.15, 0.2) is 0 Å². The number of aryl methyl sites for hydroxylation is 1. The molecule has 56 heavy (non-hydrogen) atoms. The smallest absolute Gasteiger partial charge is 0.277 e. The number of aromatic nitrogens is 3. The summed E-state index contributed by atoms with van der Waals surface area (Å²) in [5.74, 6) is 2.90. The second-order valence-electron chi connectivity index (χ2n) is 14.6. The summed E-state index contributed by atoms with van der Waals surface area (Å²) in [6, 6.07) is 28.1. The first-order chi connectivity index (χ1) is 27.5. The van der Waals surface area contributed by atoms with Gasteiger partial charge in [-0.2, -0.15) is 0 Å². The molecule has 0 aliphatic heterocycles. The molecule has 4 heterocycles. The summed E-state index contributed by atoms with van der Waals surface area (Å²) in [6.07, 6.45) is 11.7. The molecule has 2 aliphatic rings. The highest BCUT2D eigenvalue weighted by molar-refractivity contribution is 6.05. The number of benzene rings is 3. The van der Waals surface area contributed by atoms with Crippen molar-refractivity contribution in [2.45, 2.75) is 58.3 Å². The topological polar surface area (TPSA) is 119 Å². The molecular weight excluding hydrogens is 701 g/mol. The van der Waals surface area contributed by atoms with Gasteiger partial charge in [0.25, 0.3) is 5.56 Å². The van der Waals surface area contributed by atoms with E-state index in [4.69, 9.17) is 18.6 Å². The second kappa shape index (κ2) is 15.4. The van der Waals surface area contributed by atoms with Crippen molar-refractivity contribution in [3.05, 3.63) is 159 Å². The summed E-state index contributed by atoms with van der Waals surface area (Å²) in [5, 5.41) is 12.8. The van der Waals surface area contributed by atoms with E-state index in [9.17, 15) is 4.79 Å². The molecule has 2 aliphatic carbocycles. The fraction of sp³-hybridized carbons (Fsp3) is 0.239. The lowest BCUT2D eigenvalue weighted by molar-refractivity contribution is 0.267. The van der Waals surface area contributed by atoms with Crippen molar-refractivity contribution >= 4 is 33.7 Å². The largest absolute Gasteiger partial charge is 0.486 e. The highest BCUT2D eigenvalue weighted by Gasteiger charge is 2.23. The van der Waals surface area contributed by atoms with Crippen LogP contribution < -0.4 is 26.2 Å². The van der Waals surface area contributed by atoms with Gasteiger partial charge in [0.05, 0.1) is 12.7 Å². The van der Waals surface area contributed by atoms with E-state index >= 15 is 0 Å². The number of hydrogen-bond acceptors (Lipinski definition) is 9. The fourth-order valence-corrected chi connectivity index (χ4v) is 7.70. The maximum Gasteiger partial charge on any atom is 0.277 e. The number of ether oxygens (including phenoxy) is 1. The van der Waals surface area contributed by atoms with Gasteiger partial charge in [-0.1, -0.05) is 30.3 Å². The quantitative estimate of drug-likeness (QED) is 0.106. The van der Waals surface area contributed by atoms with Crippen molar-refractivity contribution in [1.82, 2.24) is 25.2 Å². The van der Waals surface area contributed by atoms with Gasteiger partial charge < -0.3 is 29.5 Å². The maximum absolute atomic E-state index is 14.6. The number of fused-ring (bicyclic) bond motifs is 4. The van der Waals surface area contributed by atoms with Crippen LogP contribution in [0.5, 0.6) is 5.75 Å². The van der Waals surface area contributed by atoms with E-state index in [2.05, 4.69) is 45.2 Å². The Morgan fingerprint density at radius 2 is 1.79 bits per heavy atom. The lowest BCUT2D eigenvalue weighted by atomic mass is 9.88. The van der Waals surface area contributed by atoms with E-state index in [1.54, 1.807) is 10.8 Å². The number of pyridine rings is 1. The van der Waals surface area contributed by atoms with Gasteiger partial charge in [-0.05, 0) is 128 Å². The van der Waals surface area contributed by atoms with Crippen LogP contribution in [0.1, 0.15) is 59.9 Å². The van der Waals surface area contributed by atoms with Gasteiger partial charge in [-0.3, -0.25) is 14.3 Å². The molecule has 1 atom stereocenters. The molecule has 0 radical (unpaired) electrons. The molecule has 3 aromatic carbocycles. The van der Waals surface area contributed by atoms with Gasteiger partial charge in [0.1, 0.15) is 46.6 Å². The number of rotatable bonds is 13. The van der Waals surface area contributed by atoms with Crippen LogP contribution in [0.25, 0.3) is 39.4 Å². The number of para-hydroxylation sites is 1. The van der Waals surface area contributed by atoms with Crippen LogP contribution in [0.4, 0.5) is 5.69 Å². The van der Waals surface area contributed by atoms with Crippen LogP contribution in [-0.4, -0.2) is 28.1 Å².